The molecule has 4 N–H and O–H groups in total. The predicted octanol–water partition coefficient (Wildman–Crippen LogP) is 3.11. The van der Waals surface area contributed by atoms with Crippen LogP contribution in [0.3, 0.4) is 0 Å². The molecule has 0 spiro atoms. The van der Waals surface area contributed by atoms with Crippen LogP contribution in [-0.4, -0.2) is 32.2 Å². The molecule has 0 aliphatic carbocycles. The van der Waals surface area contributed by atoms with Crippen LogP contribution in [0.25, 0.3) is 5.69 Å². The van der Waals surface area contributed by atoms with E-state index in [1.165, 1.54) is 23.0 Å². The number of carbonyl (C=O) groups is 1. The maximum atomic E-state index is 12.8. The van der Waals surface area contributed by atoms with Crippen LogP contribution in [0.1, 0.15) is 32.7 Å². The summed E-state index contributed by atoms with van der Waals surface area (Å²) >= 11 is 5.17. The molecule has 3 rings (SSSR count). The Morgan fingerprint density at radius 3 is 2.47 bits per heavy atom. The van der Waals surface area contributed by atoms with Crippen LogP contribution < -0.4 is 16.3 Å². The van der Waals surface area contributed by atoms with E-state index >= 15 is 0 Å². The van der Waals surface area contributed by atoms with Gasteiger partial charge in [0, 0.05) is 11.4 Å². The lowest BCUT2D eigenvalue weighted by Crippen LogP contribution is -2.24. The van der Waals surface area contributed by atoms with Gasteiger partial charge in [-0.1, -0.05) is 6.07 Å². The van der Waals surface area contributed by atoms with Gasteiger partial charge in [-0.2, -0.15) is 5.10 Å². The fourth-order valence-electron chi connectivity index (χ4n) is 2.77. The molecule has 30 heavy (non-hydrogen) atoms. The Labute approximate surface area is 178 Å². The molecule has 1 aromatic heterocycles. The third-order valence-electron chi connectivity index (χ3n) is 4.62. The van der Waals surface area contributed by atoms with Crippen molar-refractivity contribution < 1.29 is 9.90 Å². The molecular formula is C21H21N5O3S. The molecule has 0 bridgehead atoms. The molecule has 0 amide bonds. The Hall–Kier alpha value is -3.72. The van der Waals surface area contributed by atoms with Crippen molar-refractivity contribution in [1.82, 2.24) is 15.2 Å². The lowest BCUT2D eigenvalue weighted by molar-refractivity contribution is 0.0697. The molecule has 3 aromatic rings. The third-order valence-corrected chi connectivity index (χ3v) is 4.81. The van der Waals surface area contributed by atoms with Gasteiger partial charge in [-0.05, 0) is 80.5 Å². The first kappa shape index (κ1) is 21.0. The second-order valence-electron chi connectivity index (χ2n) is 6.77. The van der Waals surface area contributed by atoms with Gasteiger partial charge in [0.1, 0.15) is 0 Å². The van der Waals surface area contributed by atoms with Crippen molar-refractivity contribution in [1.29, 1.82) is 0 Å². The molecule has 2 aromatic carbocycles. The number of hydrazone groups is 1. The molecule has 0 radical (unpaired) electrons. The number of nitrogens with one attached hydrogen (secondary N) is 3. The van der Waals surface area contributed by atoms with E-state index in [1.807, 2.05) is 32.0 Å². The van der Waals surface area contributed by atoms with Gasteiger partial charge in [0.05, 0.1) is 23.0 Å². The average molecular weight is 423 g/mol. The van der Waals surface area contributed by atoms with Gasteiger partial charge in [0.2, 0.25) is 0 Å². The second kappa shape index (κ2) is 8.75. The van der Waals surface area contributed by atoms with Gasteiger partial charge in [0.25, 0.3) is 5.56 Å². The normalized spacial score (nSPS) is 10.9. The largest absolute Gasteiger partial charge is 0.478 e. The van der Waals surface area contributed by atoms with Crippen molar-refractivity contribution in [2.24, 2.45) is 5.10 Å². The summed E-state index contributed by atoms with van der Waals surface area (Å²) in [5, 5.41) is 19.1. The number of aromatic nitrogens is 2. The minimum absolute atomic E-state index is 0.181. The SMILES string of the molecule is Cc1ccc(-n2[nH]c(C)c(/C=N/NC(=S)Nc3ccc(C(=O)O)cc3)c2=O)cc1C. The summed E-state index contributed by atoms with van der Waals surface area (Å²) < 4.78 is 1.48. The number of aromatic carboxylic acids is 1. The monoisotopic (exact) mass is 423 g/mol. The smallest absolute Gasteiger partial charge is 0.335 e. The lowest BCUT2D eigenvalue weighted by Gasteiger charge is -2.06. The van der Waals surface area contributed by atoms with Crippen LogP contribution in [0.2, 0.25) is 0 Å². The molecule has 9 heteroatoms. The average Bonchev–Trinajstić information content (AvgIpc) is 2.98. The van der Waals surface area contributed by atoms with Crippen LogP contribution >= 0.6 is 12.2 Å². The summed E-state index contributed by atoms with van der Waals surface area (Å²) in [4.78, 5) is 23.6. The Kier molecular flexibility index (Phi) is 6.12. The zero-order chi connectivity index (χ0) is 21.8. The van der Waals surface area contributed by atoms with Gasteiger partial charge in [0.15, 0.2) is 5.11 Å². The minimum atomic E-state index is -1.000. The summed E-state index contributed by atoms with van der Waals surface area (Å²) in [7, 11) is 0. The summed E-state index contributed by atoms with van der Waals surface area (Å²) in [6, 6.07) is 11.9. The predicted molar refractivity (Wildman–Crippen MR) is 121 cm³/mol. The van der Waals surface area contributed by atoms with E-state index in [0.29, 0.717) is 16.9 Å². The highest BCUT2D eigenvalue weighted by Gasteiger charge is 2.11. The van der Waals surface area contributed by atoms with Crippen LogP contribution in [0.15, 0.2) is 52.4 Å². The maximum Gasteiger partial charge on any atom is 0.335 e. The zero-order valence-electron chi connectivity index (χ0n) is 16.7. The molecular weight excluding hydrogens is 402 g/mol. The fraction of sp³-hybridized carbons (Fsp3) is 0.143. The number of aryl methyl sites for hydroxylation is 3. The third kappa shape index (κ3) is 4.64. The first-order valence-corrected chi connectivity index (χ1v) is 9.49. The van der Waals surface area contributed by atoms with E-state index in [1.54, 1.807) is 19.1 Å². The van der Waals surface area contributed by atoms with Gasteiger partial charge >= 0.3 is 5.97 Å². The molecule has 154 valence electrons. The van der Waals surface area contributed by atoms with Gasteiger partial charge in [-0.3, -0.25) is 15.3 Å². The Morgan fingerprint density at radius 2 is 1.83 bits per heavy atom. The van der Waals surface area contributed by atoms with Crippen molar-refractivity contribution in [2.75, 3.05) is 5.32 Å². The van der Waals surface area contributed by atoms with Crippen LogP contribution in [-0.2, 0) is 0 Å². The Bertz CT molecular complexity index is 1190. The summed E-state index contributed by atoms with van der Waals surface area (Å²) in [6.45, 7) is 5.80. The highest BCUT2D eigenvalue weighted by atomic mass is 32.1. The molecule has 0 atom stereocenters. The van der Waals surface area contributed by atoms with Crippen molar-refractivity contribution in [3.8, 4) is 5.69 Å². The van der Waals surface area contributed by atoms with Crippen LogP contribution in [0.4, 0.5) is 5.69 Å². The molecule has 0 unspecified atom stereocenters. The molecule has 0 aliphatic heterocycles. The lowest BCUT2D eigenvalue weighted by atomic mass is 10.1. The summed E-state index contributed by atoms with van der Waals surface area (Å²) in [5.41, 5.74) is 7.31. The number of nitrogens with zero attached hydrogens (tertiary/aromatic N) is 2. The van der Waals surface area contributed by atoms with Gasteiger partial charge in [-0.25, -0.2) is 9.48 Å². The standard InChI is InChI=1S/C21H21N5O3S/c1-12-4-9-17(10-13(12)2)26-19(27)18(14(3)25-26)11-22-24-21(30)23-16-7-5-15(6-8-16)20(28)29/h4-11,25H,1-3H3,(H,28,29)(H2,23,24,30)/b22-11+. The van der Waals surface area contributed by atoms with E-state index in [4.69, 9.17) is 17.3 Å². The number of carboxylic acids is 1. The number of hydrogen-bond acceptors (Lipinski definition) is 4. The van der Waals surface area contributed by atoms with Gasteiger partial charge in [-0.15, -0.1) is 0 Å². The van der Waals surface area contributed by atoms with Crippen molar-refractivity contribution in [3.05, 3.63) is 80.8 Å². The number of carboxylic acid groups (broad SMARTS) is 1. The van der Waals surface area contributed by atoms with E-state index in [9.17, 15) is 9.59 Å². The number of benzene rings is 2. The first-order valence-electron chi connectivity index (χ1n) is 9.09. The Morgan fingerprint density at radius 1 is 1.13 bits per heavy atom. The number of anilines is 1. The molecule has 0 saturated heterocycles. The van der Waals surface area contributed by atoms with Crippen molar-refractivity contribution >= 4 is 35.2 Å². The summed E-state index contributed by atoms with van der Waals surface area (Å²) in [6.07, 6.45) is 1.41. The first-order chi connectivity index (χ1) is 14.3. The van der Waals surface area contributed by atoms with Gasteiger partial charge < -0.3 is 10.4 Å². The quantitative estimate of drug-likeness (QED) is 0.285. The number of thiocarbonyl (C=S) groups is 1. The number of H-pyrrole nitrogens is 1. The van der Waals surface area contributed by atoms with E-state index < -0.39 is 5.97 Å². The fourth-order valence-corrected chi connectivity index (χ4v) is 2.94. The van der Waals surface area contributed by atoms with Crippen LogP contribution in [0.5, 0.6) is 0 Å². The highest BCUT2D eigenvalue weighted by molar-refractivity contribution is 7.80. The molecule has 1 heterocycles. The zero-order valence-corrected chi connectivity index (χ0v) is 17.5. The summed E-state index contributed by atoms with van der Waals surface area (Å²) in [5.74, 6) is -1.000. The topological polar surface area (TPSA) is 112 Å². The number of hydrogen-bond donors (Lipinski definition) is 4. The second-order valence-corrected chi connectivity index (χ2v) is 7.17. The van der Waals surface area contributed by atoms with E-state index in [2.05, 4.69) is 20.9 Å². The number of aromatic amines is 1. The molecule has 0 saturated carbocycles. The minimum Gasteiger partial charge on any atom is -0.478 e. The van der Waals surface area contributed by atoms with Crippen molar-refractivity contribution in [2.45, 2.75) is 20.8 Å². The van der Waals surface area contributed by atoms with Crippen LogP contribution in [0, 0.1) is 20.8 Å². The number of rotatable bonds is 5. The molecule has 0 fully saturated rings. The molecule has 0 aliphatic rings. The highest BCUT2D eigenvalue weighted by Crippen LogP contribution is 2.13. The van der Waals surface area contributed by atoms with E-state index in [0.717, 1.165) is 16.8 Å². The Balaban J connectivity index is 1.69. The maximum absolute atomic E-state index is 12.8. The van der Waals surface area contributed by atoms with E-state index in [-0.39, 0.29) is 16.2 Å². The van der Waals surface area contributed by atoms with Crippen molar-refractivity contribution in [3.63, 3.8) is 0 Å². The molecule has 8 nitrogen and oxygen atoms in total.